The molecular weight excluding hydrogens is 326 g/mol. The van der Waals surface area contributed by atoms with Crippen LogP contribution < -0.4 is 4.90 Å². The molecule has 2 fully saturated rings. The highest BCUT2D eigenvalue weighted by Crippen LogP contribution is 2.32. The summed E-state index contributed by atoms with van der Waals surface area (Å²) in [4.78, 5) is 9.83. The number of anilines is 1. The largest absolute Gasteiger partial charge is 0.396 e. The fraction of sp³-hybridized carbons (Fsp3) is 0.700. The van der Waals surface area contributed by atoms with Crippen LogP contribution in [0.3, 0.4) is 0 Å². The van der Waals surface area contributed by atoms with Crippen molar-refractivity contribution in [2.45, 2.75) is 52.0 Å². The van der Waals surface area contributed by atoms with E-state index in [-0.39, 0.29) is 6.61 Å². The van der Waals surface area contributed by atoms with E-state index >= 15 is 0 Å². The molecule has 0 spiro atoms. The van der Waals surface area contributed by atoms with E-state index in [4.69, 9.17) is 4.98 Å². The van der Waals surface area contributed by atoms with Gasteiger partial charge in [-0.1, -0.05) is 13.8 Å². The maximum Gasteiger partial charge on any atom is 0.157 e. The molecule has 1 aliphatic heterocycles. The average Bonchev–Trinajstić information content (AvgIpc) is 3.34. The van der Waals surface area contributed by atoms with E-state index in [1.165, 1.54) is 19.4 Å². The Hall–Kier alpha value is -1.66. The van der Waals surface area contributed by atoms with Gasteiger partial charge in [-0.2, -0.15) is 9.61 Å². The number of hydrogen-bond acceptors (Lipinski definition) is 5. The molecule has 6 heteroatoms. The van der Waals surface area contributed by atoms with Crippen LogP contribution in [0.25, 0.3) is 5.65 Å². The summed E-state index contributed by atoms with van der Waals surface area (Å²) in [5.41, 5.74) is 3.05. The number of hydrogen-bond donors (Lipinski definition) is 1. The van der Waals surface area contributed by atoms with Gasteiger partial charge in [-0.25, -0.2) is 4.98 Å². The van der Waals surface area contributed by atoms with E-state index in [1.807, 2.05) is 11.4 Å². The number of aliphatic hydroxyl groups is 1. The second-order valence-electron chi connectivity index (χ2n) is 8.30. The fourth-order valence-electron chi connectivity index (χ4n) is 4.01. The summed E-state index contributed by atoms with van der Waals surface area (Å²) in [6.07, 6.45) is 3.59. The Kier molecular flexibility index (Phi) is 4.88. The van der Waals surface area contributed by atoms with E-state index in [9.17, 15) is 5.11 Å². The Morgan fingerprint density at radius 1 is 1.23 bits per heavy atom. The van der Waals surface area contributed by atoms with E-state index in [1.54, 1.807) is 0 Å². The molecule has 2 aliphatic rings. The van der Waals surface area contributed by atoms with Crippen molar-refractivity contribution >= 4 is 11.5 Å². The number of fused-ring (bicyclic) bond motifs is 1. The maximum absolute atomic E-state index is 9.56. The van der Waals surface area contributed by atoms with Crippen LogP contribution in [-0.2, 0) is 0 Å². The summed E-state index contributed by atoms with van der Waals surface area (Å²) >= 11 is 0. The van der Waals surface area contributed by atoms with Crippen LogP contribution in [0.5, 0.6) is 0 Å². The lowest BCUT2D eigenvalue weighted by Gasteiger charge is -2.42. The third kappa shape index (κ3) is 3.58. The van der Waals surface area contributed by atoms with Crippen molar-refractivity contribution in [2.24, 2.45) is 5.92 Å². The van der Waals surface area contributed by atoms with Crippen LogP contribution >= 0.6 is 0 Å². The summed E-state index contributed by atoms with van der Waals surface area (Å²) in [6.45, 7) is 10.9. The monoisotopic (exact) mass is 357 g/mol. The lowest BCUT2D eigenvalue weighted by molar-refractivity contribution is 0.136. The Labute approximate surface area is 155 Å². The quantitative estimate of drug-likeness (QED) is 0.861. The van der Waals surface area contributed by atoms with Gasteiger partial charge in [0, 0.05) is 56.7 Å². The summed E-state index contributed by atoms with van der Waals surface area (Å²) in [5.74, 6) is 2.41. The van der Waals surface area contributed by atoms with Gasteiger partial charge < -0.3 is 10.0 Å². The number of aromatic nitrogens is 3. The maximum atomic E-state index is 9.56. The van der Waals surface area contributed by atoms with E-state index in [0.717, 1.165) is 54.8 Å². The first-order chi connectivity index (χ1) is 12.5. The number of rotatable bonds is 6. The molecular formula is C20H31N5O. The number of aryl methyl sites for hydroxylation is 1. The van der Waals surface area contributed by atoms with Crippen molar-refractivity contribution in [3.8, 4) is 0 Å². The highest BCUT2D eigenvalue weighted by molar-refractivity contribution is 5.53. The van der Waals surface area contributed by atoms with Gasteiger partial charge in [0.05, 0.1) is 5.69 Å². The van der Waals surface area contributed by atoms with Gasteiger partial charge in [0.1, 0.15) is 5.82 Å². The van der Waals surface area contributed by atoms with Crippen LogP contribution in [0.15, 0.2) is 12.1 Å². The van der Waals surface area contributed by atoms with Gasteiger partial charge in [-0.15, -0.1) is 0 Å². The molecule has 1 N–H and O–H groups in total. The zero-order valence-electron chi connectivity index (χ0n) is 16.2. The number of aliphatic hydroxyl groups excluding tert-OH is 1. The molecule has 0 bridgehead atoms. The van der Waals surface area contributed by atoms with Gasteiger partial charge in [0.25, 0.3) is 0 Å². The minimum Gasteiger partial charge on any atom is -0.396 e. The Morgan fingerprint density at radius 2 is 2.04 bits per heavy atom. The zero-order chi connectivity index (χ0) is 18.3. The minimum absolute atomic E-state index is 0.254. The fourth-order valence-corrected chi connectivity index (χ4v) is 4.01. The van der Waals surface area contributed by atoms with E-state index in [2.05, 4.69) is 40.9 Å². The molecule has 1 saturated heterocycles. The highest BCUT2D eigenvalue weighted by atomic mass is 16.3. The molecule has 1 aliphatic carbocycles. The van der Waals surface area contributed by atoms with Gasteiger partial charge in [-0.05, 0) is 38.0 Å². The summed E-state index contributed by atoms with van der Waals surface area (Å²) in [7, 11) is 0. The summed E-state index contributed by atoms with van der Waals surface area (Å²) in [5, 5.41) is 14.2. The molecule has 1 atom stereocenters. The summed E-state index contributed by atoms with van der Waals surface area (Å²) < 4.78 is 1.99. The van der Waals surface area contributed by atoms with Crippen LogP contribution in [0, 0.1) is 12.8 Å². The molecule has 0 unspecified atom stereocenters. The highest BCUT2D eigenvalue weighted by Gasteiger charge is 2.32. The first-order valence-electron chi connectivity index (χ1n) is 10.0. The molecule has 0 amide bonds. The topological polar surface area (TPSA) is 56.9 Å². The first kappa shape index (κ1) is 17.7. The third-order valence-corrected chi connectivity index (χ3v) is 5.72. The Balaban J connectivity index is 1.63. The third-order valence-electron chi connectivity index (χ3n) is 5.72. The number of piperazine rings is 1. The van der Waals surface area contributed by atoms with Crippen molar-refractivity contribution in [3.63, 3.8) is 0 Å². The standard InChI is InChI=1S/C20H31N5O/c1-14(2)18-11-20(25-19(21-18)10-15(3)22-25)24-8-7-23(12-16-4-5-16)17(13-24)6-9-26/h10-11,14,16-17,26H,4-9,12-13H2,1-3H3/t17-/m1/s1. The second kappa shape index (κ2) is 7.16. The molecule has 1 saturated carbocycles. The molecule has 4 rings (SSSR count). The van der Waals surface area contributed by atoms with Crippen molar-refractivity contribution in [1.29, 1.82) is 0 Å². The normalized spacial score (nSPS) is 21.9. The predicted molar refractivity (Wildman–Crippen MR) is 104 cm³/mol. The summed E-state index contributed by atoms with van der Waals surface area (Å²) in [6, 6.07) is 4.68. The first-order valence-corrected chi connectivity index (χ1v) is 10.0. The van der Waals surface area contributed by atoms with Crippen molar-refractivity contribution < 1.29 is 5.11 Å². The van der Waals surface area contributed by atoms with Gasteiger partial charge in [0.15, 0.2) is 5.65 Å². The van der Waals surface area contributed by atoms with E-state index < -0.39 is 0 Å². The molecule has 142 valence electrons. The molecule has 2 aromatic heterocycles. The van der Waals surface area contributed by atoms with Crippen LogP contribution in [0.2, 0.25) is 0 Å². The molecule has 26 heavy (non-hydrogen) atoms. The zero-order valence-corrected chi connectivity index (χ0v) is 16.2. The second-order valence-corrected chi connectivity index (χ2v) is 8.30. The predicted octanol–water partition coefficient (Wildman–Crippen LogP) is 2.44. The van der Waals surface area contributed by atoms with Crippen molar-refractivity contribution in [3.05, 3.63) is 23.5 Å². The van der Waals surface area contributed by atoms with Gasteiger partial charge >= 0.3 is 0 Å². The SMILES string of the molecule is Cc1cc2nc(C(C)C)cc(N3CCN(CC4CC4)[C@H](CCO)C3)n2n1. The van der Waals surface area contributed by atoms with Crippen molar-refractivity contribution in [1.82, 2.24) is 19.5 Å². The lowest BCUT2D eigenvalue weighted by Crippen LogP contribution is -2.54. The van der Waals surface area contributed by atoms with Crippen LogP contribution in [-0.4, -0.2) is 63.4 Å². The smallest absolute Gasteiger partial charge is 0.157 e. The minimum atomic E-state index is 0.254. The Morgan fingerprint density at radius 3 is 2.73 bits per heavy atom. The molecule has 3 heterocycles. The van der Waals surface area contributed by atoms with Crippen LogP contribution in [0.1, 0.15) is 50.4 Å². The van der Waals surface area contributed by atoms with Gasteiger partial charge in [0.2, 0.25) is 0 Å². The molecule has 2 aromatic rings. The average molecular weight is 358 g/mol. The molecule has 0 radical (unpaired) electrons. The molecule has 6 nitrogen and oxygen atoms in total. The van der Waals surface area contributed by atoms with Gasteiger partial charge in [-0.3, -0.25) is 4.90 Å². The van der Waals surface area contributed by atoms with Crippen molar-refractivity contribution in [2.75, 3.05) is 37.7 Å². The Bertz CT molecular complexity index is 767. The van der Waals surface area contributed by atoms with Crippen LogP contribution in [0.4, 0.5) is 5.82 Å². The molecule has 0 aromatic carbocycles. The lowest BCUT2D eigenvalue weighted by atomic mass is 10.1. The number of nitrogens with zero attached hydrogens (tertiary/aromatic N) is 5. The van der Waals surface area contributed by atoms with E-state index in [0.29, 0.717) is 12.0 Å².